The van der Waals surface area contributed by atoms with E-state index < -0.39 is 5.97 Å². The van der Waals surface area contributed by atoms with Crippen LogP contribution in [0.25, 0.3) is 0 Å². The molecule has 202 valence electrons. The zero-order chi connectivity index (χ0) is 25.9. The summed E-state index contributed by atoms with van der Waals surface area (Å²) in [6.45, 7) is 3.58. The lowest BCUT2D eigenvalue weighted by Gasteiger charge is -2.34. The lowest BCUT2D eigenvalue weighted by molar-refractivity contribution is -0.144. The Kier molecular flexibility index (Phi) is 11.0. The third-order valence-electron chi connectivity index (χ3n) is 9.16. The van der Waals surface area contributed by atoms with Crippen LogP contribution in [0.15, 0.2) is 60.7 Å². The standard InChI is InChI=1S/C27H40FNO2.C6H6/c28-25-11-8-20(9-12-25)3-1-4-21-13-15-29(16-14-21)19-23-7-10-24(17-23)26(27(30)31)18-22-5-2-6-22;1-2-4-6-5-3-1/h8-9,11-12,21-24,26H,1-7,10,13-19H2,(H,30,31);1-6H. The number of carboxylic acids is 1. The molecule has 4 heteroatoms. The van der Waals surface area contributed by atoms with Crippen LogP contribution < -0.4 is 0 Å². The van der Waals surface area contributed by atoms with Crippen molar-refractivity contribution in [3.05, 3.63) is 72.0 Å². The minimum atomic E-state index is -0.543. The molecule has 37 heavy (non-hydrogen) atoms. The van der Waals surface area contributed by atoms with E-state index in [1.54, 1.807) is 12.1 Å². The van der Waals surface area contributed by atoms with Crippen molar-refractivity contribution in [1.29, 1.82) is 0 Å². The second-order valence-corrected chi connectivity index (χ2v) is 11.8. The molecule has 3 atom stereocenters. The van der Waals surface area contributed by atoms with Crippen molar-refractivity contribution in [1.82, 2.24) is 4.90 Å². The largest absolute Gasteiger partial charge is 0.481 e. The number of hydrogen-bond acceptors (Lipinski definition) is 2. The van der Waals surface area contributed by atoms with E-state index >= 15 is 0 Å². The molecule has 0 spiro atoms. The number of aliphatic carboxylic acids is 1. The Morgan fingerprint density at radius 1 is 0.865 bits per heavy atom. The van der Waals surface area contributed by atoms with Crippen LogP contribution in [0, 0.1) is 35.4 Å². The van der Waals surface area contributed by atoms with E-state index in [4.69, 9.17) is 0 Å². The number of nitrogens with zero attached hydrogens (tertiary/aromatic N) is 1. The highest BCUT2D eigenvalue weighted by Gasteiger charge is 2.37. The van der Waals surface area contributed by atoms with Crippen molar-refractivity contribution >= 4 is 5.97 Å². The van der Waals surface area contributed by atoms with Gasteiger partial charge in [0.1, 0.15) is 5.82 Å². The van der Waals surface area contributed by atoms with Crippen molar-refractivity contribution in [2.75, 3.05) is 19.6 Å². The first kappa shape index (κ1) is 27.8. The van der Waals surface area contributed by atoms with Gasteiger partial charge in [-0.1, -0.05) is 74.2 Å². The minimum absolute atomic E-state index is 0.0952. The Balaban J connectivity index is 0.000000469. The molecule has 5 rings (SSSR count). The van der Waals surface area contributed by atoms with Crippen molar-refractivity contribution < 1.29 is 14.3 Å². The van der Waals surface area contributed by atoms with Gasteiger partial charge in [-0.25, -0.2) is 4.39 Å². The average molecular weight is 508 g/mol. The number of hydrogen-bond donors (Lipinski definition) is 1. The van der Waals surface area contributed by atoms with Gasteiger partial charge in [0.2, 0.25) is 0 Å². The first-order valence-electron chi connectivity index (χ1n) is 14.8. The zero-order valence-corrected chi connectivity index (χ0v) is 22.4. The van der Waals surface area contributed by atoms with E-state index in [9.17, 15) is 14.3 Å². The van der Waals surface area contributed by atoms with Gasteiger partial charge < -0.3 is 10.0 Å². The predicted octanol–water partition coefficient (Wildman–Crippen LogP) is 7.85. The molecule has 2 aromatic carbocycles. The van der Waals surface area contributed by atoms with E-state index in [1.165, 1.54) is 76.6 Å². The molecule has 0 aromatic heterocycles. The molecular formula is C33H46FNO2. The molecule has 1 aliphatic heterocycles. The fraction of sp³-hybridized carbons (Fsp3) is 0.606. The molecule has 2 saturated carbocycles. The number of aryl methyl sites for hydroxylation is 1. The molecule has 0 amide bonds. The van der Waals surface area contributed by atoms with Gasteiger partial charge in [-0.15, -0.1) is 0 Å². The second-order valence-electron chi connectivity index (χ2n) is 11.8. The van der Waals surface area contributed by atoms with Crippen molar-refractivity contribution in [2.24, 2.45) is 29.6 Å². The quantitative estimate of drug-likeness (QED) is 0.356. The Morgan fingerprint density at radius 3 is 2.08 bits per heavy atom. The van der Waals surface area contributed by atoms with Crippen molar-refractivity contribution in [2.45, 2.75) is 77.0 Å². The van der Waals surface area contributed by atoms with Crippen LogP contribution in [-0.2, 0) is 11.2 Å². The van der Waals surface area contributed by atoms with Crippen molar-refractivity contribution in [3.63, 3.8) is 0 Å². The van der Waals surface area contributed by atoms with Crippen LogP contribution in [0.5, 0.6) is 0 Å². The summed E-state index contributed by atoms with van der Waals surface area (Å²) in [5, 5.41) is 9.77. The Labute approximate surface area is 223 Å². The number of rotatable bonds is 10. The zero-order valence-electron chi connectivity index (χ0n) is 22.4. The Bertz CT molecular complexity index is 879. The van der Waals surface area contributed by atoms with E-state index in [-0.39, 0.29) is 11.7 Å². The van der Waals surface area contributed by atoms with Gasteiger partial charge in [-0.05, 0) is 106 Å². The molecule has 1 heterocycles. The van der Waals surface area contributed by atoms with Gasteiger partial charge >= 0.3 is 5.97 Å². The summed E-state index contributed by atoms with van der Waals surface area (Å²) in [6, 6.07) is 18.9. The Hall–Kier alpha value is -2.20. The van der Waals surface area contributed by atoms with E-state index in [2.05, 4.69) is 4.90 Å². The molecule has 3 nitrogen and oxygen atoms in total. The SMILES string of the molecule is O=C(O)C(CC1CCC1)C1CCC(CN2CCC(CCCc3ccc(F)cc3)CC2)C1.c1ccccc1. The third-order valence-corrected chi connectivity index (χ3v) is 9.16. The average Bonchev–Trinajstić information content (AvgIpc) is 3.35. The number of benzene rings is 2. The van der Waals surface area contributed by atoms with E-state index in [0.29, 0.717) is 17.8 Å². The Morgan fingerprint density at radius 2 is 1.51 bits per heavy atom. The second kappa shape index (κ2) is 14.7. The number of piperidine rings is 1. The van der Waals surface area contributed by atoms with E-state index in [0.717, 1.165) is 31.6 Å². The topological polar surface area (TPSA) is 40.5 Å². The van der Waals surface area contributed by atoms with Crippen LogP contribution in [-0.4, -0.2) is 35.6 Å². The summed E-state index contributed by atoms with van der Waals surface area (Å²) in [4.78, 5) is 14.5. The smallest absolute Gasteiger partial charge is 0.306 e. The van der Waals surface area contributed by atoms with Gasteiger partial charge in [-0.2, -0.15) is 0 Å². The van der Waals surface area contributed by atoms with Crippen LogP contribution in [0.1, 0.15) is 76.2 Å². The summed E-state index contributed by atoms with van der Waals surface area (Å²) in [5.74, 6) is 1.83. The predicted molar refractivity (Wildman–Crippen MR) is 149 cm³/mol. The van der Waals surface area contributed by atoms with Crippen LogP contribution in [0.4, 0.5) is 4.39 Å². The van der Waals surface area contributed by atoms with Crippen LogP contribution in [0.2, 0.25) is 0 Å². The highest BCUT2D eigenvalue weighted by Crippen LogP contribution is 2.42. The first-order valence-corrected chi connectivity index (χ1v) is 14.8. The molecular weight excluding hydrogens is 461 g/mol. The maximum atomic E-state index is 13.0. The van der Waals surface area contributed by atoms with Gasteiger partial charge in [0, 0.05) is 6.54 Å². The normalized spacial score (nSPS) is 23.6. The highest BCUT2D eigenvalue weighted by molar-refractivity contribution is 5.70. The maximum absolute atomic E-state index is 13.0. The lowest BCUT2D eigenvalue weighted by atomic mass is 9.75. The number of likely N-dealkylation sites (tertiary alicyclic amines) is 1. The summed E-state index contributed by atoms with van der Waals surface area (Å²) < 4.78 is 13.0. The van der Waals surface area contributed by atoms with Gasteiger partial charge in [0.05, 0.1) is 5.92 Å². The van der Waals surface area contributed by atoms with E-state index in [1.807, 2.05) is 48.5 Å². The van der Waals surface area contributed by atoms with Gasteiger partial charge in [-0.3, -0.25) is 4.79 Å². The summed E-state index contributed by atoms with van der Waals surface area (Å²) in [7, 11) is 0. The molecule has 3 aliphatic rings. The first-order chi connectivity index (χ1) is 18.1. The molecule has 2 aliphatic carbocycles. The van der Waals surface area contributed by atoms with Crippen LogP contribution >= 0.6 is 0 Å². The molecule has 3 fully saturated rings. The fourth-order valence-corrected chi connectivity index (χ4v) is 6.68. The number of carboxylic acid groups (broad SMARTS) is 1. The minimum Gasteiger partial charge on any atom is -0.481 e. The molecule has 2 aromatic rings. The number of halogens is 1. The monoisotopic (exact) mass is 507 g/mol. The fourth-order valence-electron chi connectivity index (χ4n) is 6.68. The molecule has 1 N–H and O–H groups in total. The van der Waals surface area contributed by atoms with Crippen molar-refractivity contribution in [3.8, 4) is 0 Å². The van der Waals surface area contributed by atoms with Gasteiger partial charge in [0.25, 0.3) is 0 Å². The summed E-state index contributed by atoms with van der Waals surface area (Å²) >= 11 is 0. The van der Waals surface area contributed by atoms with Gasteiger partial charge in [0.15, 0.2) is 0 Å². The maximum Gasteiger partial charge on any atom is 0.306 e. The molecule has 3 unspecified atom stereocenters. The van der Waals surface area contributed by atoms with Crippen LogP contribution in [0.3, 0.4) is 0 Å². The molecule has 0 bridgehead atoms. The lowest BCUT2D eigenvalue weighted by Crippen LogP contribution is -2.37. The summed E-state index contributed by atoms with van der Waals surface area (Å²) in [6.07, 6.45) is 14.3. The molecule has 0 radical (unpaired) electrons. The summed E-state index contributed by atoms with van der Waals surface area (Å²) in [5.41, 5.74) is 1.24. The molecule has 1 saturated heterocycles. The number of carbonyl (C=O) groups is 1. The highest BCUT2D eigenvalue weighted by atomic mass is 19.1. The third kappa shape index (κ3) is 9.25.